The van der Waals surface area contributed by atoms with Crippen LogP contribution in [-0.4, -0.2) is 32.1 Å². The lowest BCUT2D eigenvalue weighted by Gasteiger charge is -2.23. The normalized spacial score (nSPS) is 13.1. The fraction of sp³-hybridized carbons (Fsp3) is 0.222. The third-order valence-electron chi connectivity index (χ3n) is 3.67. The van der Waals surface area contributed by atoms with Crippen LogP contribution in [0.25, 0.3) is 0 Å². The lowest BCUT2D eigenvalue weighted by atomic mass is 10.1. The smallest absolute Gasteiger partial charge is 0.259 e. The Morgan fingerprint density at radius 3 is 2.75 bits per heavy atom. The van der Waals surface area contributed by atoms with E-state index in [1.807, 2.05) is 42.5 Å². The van der Waals surface area contributed by atoms with Crippen molar-refractivity contribution in [3.63, 3.8) is 0 Å². The second-order valence-electron chi connectivity index (χ2n) is 5.41. The zero-order chi connectivity index (χ0) is 17.1. The minimum atomic E-state index is -0.124. The molecule has 0 aliphatic carbocycles. The number of anilines is 2. The van der Waals surface area contributed by atoms with Crippen LogP contribution in [-0.2, 0) is 9.53 Å². The largest absolute Gasteiger partial charge is 0.383 e. The number of nitrogens with zero attached hydrogens (tertiary/aromatic N) is 1. The van der Waals surface area contributed by atoms with E-state index in [2.05, 4.69) is 5.32 Å². The predicted molar refractivity (Wildman–Crippen MR) is 94.9 cm³/mol. The van der Waals surface area contributed by atoms with Crippen molar-refractivity contribution in [1.82, 2.24) is 0 Å². The number of amides is 2. The van der Waals surface area contributed by atoms with E-state index in [-0.39, 0.29) is 11.8 Å². The van der Waals surface area contributed by atoms with E-state index in [0.29, 0.717) is 24.4 Å². The molecule has 124 valence electrons. The molecule has 1 heterocycles. The fourth-order valence-electron chi connectivity index (χ4n) is 2.61. The molecule has 1 aliphatic rings. The SMILES string of the molecule is COCCN1C(=O)c2ccccc2Sc2cc(NC(C)=O)ccc21. The number of carbonyl (C=O) groups excluding carboxylic acids is 2. The summed E-state index contributed by atoms with van der Waals surface area (Å²) in [5.41, 5.74) is 2.22. The highest BCUT2D eigenvalue weighted by molar-refractivity contribution is 7.99. The van der Waals surface area contributed by atoms with E-state index >= 15 is 0 Å². The van der Waals surface area contributed by atoms with Gasteiger partial charge in [-0.1, -0.05) is 23.9 Å². The zero-order valence-electron chi connectivity index (χ0n) is 13.5. The van der Waals surface area contributed by atoms with Crippen molar-refractivity contribution >= 4 is 35.0 Å². The number of hydrogen-bond acceptors (Lipinski definition) is 4. The number of rotatable bonds is 4. The Morgan fingerprint density at radius 2 is 2.00 bits per heavy atom. The Kier molecular flexibility index (Phi) is 4.87. The van der Waals surface area contributed by atoms with E-state index in [0.717, 1.165) is 15.5 Å². The standard InChI is InChI=1S/C18H18N2O3S/c1-12(21)19-13-7-8-15-17(11-13)24-16-6-4-3-5-14(16)18(22)20(15)9-10-23-2/h3-8,11H,9-10H2,1-2H3,(H,19,21). The molecule has 0 aromatic heterocycles. The number of fused-ring (bicyclic) bond motifs is 2. The van der Waals surface area contributed by atoms with E-state index in [1.54, 1.807) is 12.0 Å². The van der Waals surface area contributed by atoms with Crippen LogP contribution < -0.4 is 10.2 Å². The highest BCUT2D eigenvalue weighted by Crippen LogP contribution is 2.42. The third-order valence-corrected chi connectivity index (χ3v) is 4.80. The summed E-state index contributed by atoms with van der Waals surface area (Å²) in [5.74, 6) is -0.164. The first-order valence-electron chi connectivity index (χ1n) is 7.59. The summed E-state index contributed by atoms with van der Waals surface area (Å²) in [4.78, 5) is 27.8. The van der Waals surface area contributed by atoms with E-state index in [9.17, 15) is 9.59 Å². The summed E-state index contributed by atoms with van der Waals surface area (Å²) in [6.45, 7) is 2.39. The quantitative estimate of drug-likeness (QED) is 0.925. The van der Waals surface area contributed by atoms with Crippen LogP contribution in [0.15, 0.2) is 52.3 Å². The summed E-state index contributed by atoms with van der Waals surface area (Å²) in [5, 5.41) is 2.79. The molecule has 2 aromatic rings. The van der Waals surface area contributed by atoms with Crippen LogP contribution in [0.3, 0.4) is 0 Å². The van der Waals surface area contributed by atoms with Gasteiger partial charge in [0.1, 0.15) is 0 Å². The number of benzene rings is 2. The molecule has 1 aliphatic heterocycles. The zero-order valence-corrected chi connectivity index (χ0v) is 14.4. The number of ether oxygens (including phenoxy) is 1. The van der Waals surface area contributed by atoms with Crippen LogP contribution in [0, 0.1) is 0 Å². The number of methoxy groups -OCH3 is 1. The first-order valence-corrected chi connectivity index (χ1v) is 8.41. The second kappa shape index (κ2) is 7.07. The molecular formula is C18H18N2O3S. The van der Waals surface area contributed by atoms with Crippen LogP contribution in [0.4, 0.5) is 11.4 Å². The topological polar surface area (TPSA) is 58.6 Å². The van der Waals surface area contributed by atoms with Gasteiger partial charge in [-0.3, -0.25) is 9.59 Å². The average molecular weight is 342 g/mol. The Morgan fingerprint density at radius 1 is 1.21 bits per heavy atom. The van der Waals surface area contributed by atoms with Crippen molar-refractivity contribution in [1.29, 1.82) is 0 Å². The summed E-state index contributed by atoms with van der Waals surface area (Å²) < 4.78 is 5.16. The Hall–Kier alpha value is -2.31. The molecule has 0 spiro atoms. The number of hydrogen-bond donors (Lipinski definition) is 1. The first kappa shape index (κ1) is 16.5. The molecule has 0 saturated heterocycles. The molecule has 24 heavy (non-hydrogen) atoms. The Labute approximate surface area is 145 Å². The Bertz CT molecular complexity index is 792. The molecule has 2 amide bonds. The number of nitrogens with one attached hydrogen (secondary N) is 1. The van der Waals surface area contributed by atoms with Gasteiger partial charge in [0.05, 0.1) is 17.9 Å². The maximum Gasteiger partial charge on any atom is 0.259 e. The maximum absolute atomic E-state index is 13.0. The molecule has 0 bridgehead atoms. The van der Waals surface area contributed by atoms with Gasteiger partial charge in [0.2, 0.25) is 5.91 Å². The molecule has 0 atom stereocenters. The second-order valence-corrected chi connectivity index (χ2v) is 6.50. The lowest BCUT2D eigenvalue weighted by Crippen LogP contribution is -2.33. The molecule has 6 heteroatoms. The average Bonchev–Trinajstić information content (AvgIpc) is 2.67. The Balaban J connectivity index is 2.08. The minimum Gasteiger partial charge on any atom is -0.383 e. The van der Waals surface area contributed by atoms with Crippen molar-refractivity contribution in [2.45, 2.75) is 16.7 Å². The molecular weight excluding hydrogens is 324 g/mol. The van der Waals surface area contributed by atoms with Gasteiger partial charge in [-0.05, 0) is 30.3 Å². The van der Waals surface area contributed by atoms with Crippen molar-refractivity contribution in [2.75, 3.05) is 30.5 Å². The lowest BCUT2D eigenvalue weighted by molar-refractivity contribution is -0.114. The summed E-state index contributed by atoms with van der Waals surface area (Å²) in [7, 11) is 1.62. The molecule has 0 fully saturated rings. The van der Waals surface area contributed by atoms with Crippen molar-refractivity contribution in [2.24, 2.45) is 0 Å². The van der Waals surface area contributed by atoms with Gasteiger partial charge in [-0.15, -0.1) is 0 Å². The molecule has 5 nitrogen and oxygen atoms in total. The van der Waals surface area contributed by atoms with E-state index in [4.69, 9.17) is 4.74 Å². The van der Waals surface area contributed by atoms with Crippen molar-refractivity contribution < 1.29 is 14.3 Å². The highest BCUT2D eigenvalue weighted by Gasteiger charge is 2.27. The summed E-state index contributed by atoms with van der Waals surface area (Å²) in [6.07, 6.45) is 0. The molecule has 2 aromatic carbocycles. The van der Waals surface area contributed by atoms with Crippen LogP contribution in [0.5, 0.6) is 0 Å². The monoisotopic (exact) mass is 342 g/mol. The van der Waals surface area contributed by atoms with Crippen molar-refractivity contribution in [3.05, 3.63) is 48.0 Å². The van der Waals surface area contributed by atoms with Gasteiger partial charge in [-0.2, -0.15) is 0 Å². The fourth-order valence-corrected chi connectivity index (χ4v) is 3.73. The molecule has 0 radical (unpaired) electrons. The van der Waals surface area contributed by atoms with Gasteiger partial charge >= 0.3 is 0 Å². The molecule has 0 unspecified atom stereocenters. The van der Waals surface area contributed by atoms with Crippen molar-refractivity contribution in [3.8, 4) is 0 Å². The summed E-state index contributed by atoms with van der Waals surface area (Å²) >= 11 is 1.53. The summed E-state index contributed by atoms with van der Waals surface area (Å²) in [6, 6.07) is 13.1. The van der Waals surface area contributed by atoms with Gasteiger partial charge in [0, 0.05) is 36.1 Å². The van der Waals surface area contributed by atoms with Gasteiger partial charge in [0.25, 0.3) is 5.91 Å². The van der Waals surface area contributed by atoms with Gasteiger partial charge in [-0.25, -0.2) is 0 Å². The van der Waals surface area contributed by atoms with Crippen LogP contribution >= 0.6 is 11.8 Å². The van der Waals surface area contributed by atoms with Gasteiger partial charge in [0.15, 0.2) is 0 Å². The maximum atomic E-state index is 13.0. The van der Waals surface area contributed by atoms with Crippen LogP contribution in [0.1, 0.15) is 17.3 Å². The molecule has 0 saturated carbocycles. The van der Waals surface area contributed by atoms with Gasteiger partial charge < -0.3 is 15.0 Å². The highest BCUT2D eigenvalue weighted by atomic mass is 32.2. The minimum absolute atomic E-state index is 0.0406. The third kappa shape index (κ3) is 3.29. The first-order chi connectivity index (χ1) is 11.6. The predicted octanol–water partition coefficient (Wildman–Crippen LogP) is 3.40. The molecule has 3 rings (SSSR count). The van der Waals surface area contributed by atoms with E-state index in [1.165, 1.54) is 18.7 Å². The van der Waals surface area contributed by atoms with E-state index < -0.39 is 0 Å². The van der Waals surface area contributed by atoms with Crippen LogP contribution in [0.2, 0.25) is 0 Å². The molecule has 1 N–H and O–H groups in total. The number of carbonyl (C=O) groups is 2.